The molecule has 0 unspecified atom stereocenters. The van der Waals surface area contributed by atoms with Crippen molar-refractivity contribution in [2.75, 3.05) is 5.33 Å². The Labute approximate surface area is 109 Å². The van der Waals surface area contributed by atoms with E-state index in [1.54, 1.807) is 0 Å². The summed E-state index contributed by atoms with van der Waals surface area (Å²) in [7, 11) is 0. The lowest BCUT2D eigenvalue weighted by molar-refractivity contribution is 0.209. The molecule has 1 atom stereocenters. The molecule has 0 saturated heterocycles. The van der Waals surface area contributed by atoms with Crippen LogP contribution in [0.5, 0.6) is 0 Å². The molecule has 0 saturated carbocycles. The van der Waals surface area contributed by atoms with Crippen LogP contribution in [-0.4, -0.2) is 16.5 Å². The SMILES string of the molecule is CCCC[C@@H](O)/C=C\CCCCCCCBr. The van der Waals surface area contributed by atoms with Crippen LogP contribution in [0.25, 0.3) is 0 Å². The first-order chi connectivity index (χ1) is 7.81. The largest absolute Gasteiger partial charge is 0.389 e. The van der Waals surface area contributed by atoms with E-state index in [4.69, 9.17) is 0 Å². The number of allylic oxidation sites excluding steroid dienone is 1. The van der Waals surface area contributed by atoms with Crippen LogP contribution in [0.4, 0.5) is 0 Å². The van der Waals surface area contributed by atoms with E-state index in [-0.39, 0.29) is 6.10 Å². The van der Waals surface area contributed by atoms with Crippen molar-refractivity contribution < 1.29 is 5.11 Å². The molecule has 0 aromatic heterocycles. The summed E-state index contributed by atoms with van der Waals surface area (Å²) in [5.74, 6) is 0. The summed E-state index contributed by atoms with van der Waals surface area (Å²) in [6.45, 7) is 2.16. The first kappa shape index (κ1) is 16.2. The Balaban J connectivity index is 3.20. The van der Waals surface area contributed by atoms with Crippen LogP contribution in [-0.2, 0) is 0 Å². The lowest BCUT2D eigenvalue weighted by atomic mass is 10.1. The van der Waals surface area contributed by atoms with E-state index in [9.17, 15) is 5.11 Å². The van der Waals surface area contributed by atoms with Crippen LogP contribution in [0.15, 0.2) is 12.2 Å². The molecule has 0 heterocycles. The van der Waals surface area contributed by atoms with Crippen LogP contribution in [0.1, 0.15) is 64.7 Å². The third kappa shape index (κ3) is 12.3. The predicted octanol–water partition coefficient (Wildman–Crippen LogP) is 4.83. The molecule has 0 aliphatic carbocycles. The molecule has 0 fully saturated rings. The maximum absolute atomic E-state index is 9.56. The van der Waals surface area contributed by atoms with Gasteiger partial charge in [0.1, 0.15) is 0 Å². The topological polar surface area (TPSA) is 20.2 Å². The molecule has 1 N–H and O–H groups in total. The summed E-state index contributed by atoms with van der Waals surface area (Å²) >= 11 is 3.44. The minimum absolute atomic E-state index is 0.214. The second kappa shape index (κ2) is 13.2. The quantitative estimate of drug-likeness (QED) is 0.328. The highest BCUT2D eigenvalue weighted by Gasteiger charge is 1.96. The van der Waals surface area contributed by atoms with Crippen molar-refractivity contribution in [2.24, 2.45) is 0 Å². The molecule has 0 aliphatic heterocycles. The van der Waals surface area contributed by atoms with Gasteiger partial charge < -0.3 is 5.11 Å². The number of hydrogen-bond donors (Lipinski definition) is 1. The number of rotatable bonds is 11. The molecular formula is C14H27BrO. The van der Waals surface area contributed by atoms with E-state index in [1.165, 1.54) is 38.5 Å². The van der Waals surface area contributed by atoms with Crippen molar-refractivity contribution >= 4 is 15.9 Å². The molecule has 0 aliphatic rings. The number of aliphatic hydroxyl groups excluding tert-OH is 1. The standard InChI is InChI=1S/C14H27BrO/c1-2-3-11-14(16)12-9-7-5-4-6-8-10-13-15/h9,12,14,16H,2-8,10-11,13H2,1H3/b12-9-/t14-/m1/s1. The van der Waals surface area contributed by atoms with E-state index < -0.39 is 0 Å². The predicted molar refractivity (Wildman–Crippen MR) is 76.2 cm³/mol. The average Bonchev–Trinajstić information content (AvgIpc) is 2.30. The highest BCUT2D eigenvalue weighted by molar-refractivity contribution is 9.09. The number of hydrogen-bond acceptors (Lipinski definition) is 1. The summed E-state index contributed by atoms with van der Waals surface area (Å²) in [6.07, 6.45) is 14.8. The van der Waals surface area contributed by atoms with Gasteiger partial charge in [-0.05, 0) is 25.7 Å². The van der Waals surface area contributed by atoms with Crippen LogP contribution in [0.2, 0.25) is 0 Å². The Hall–Kier alpha value is 0.180. The molecule has 0 aromatic rings. The highest BCUT2D eigenvalue weighted by Crippen LogP contribution is 2.08. The second-order valence-electron chi connectivity index (χ2n) is 4.38. The fourth-order valence-electron chi connectivity index (χ4n) is 1.65. The van der Waals surface area contributed by atoms with Crippen molar-refractivity contribution in [3.05, 3.63) is 12.2 Å². The first-order valence-electron chi connectivity index (χ1n) is 6.72. The summed E-state index contributed by atoms with van der Waals surface area (Å²) in [4.78, 5) is 0. The van der Waals surface area contributed by atoms with Crippen molar-refractivity contribution in [1.82, 2.24) is 0 Å². The summed E-state index contributed by atoms with van der Waals surface area (Å²) in [5.41, 5.74) is 0. The van der Waals surface area contributed by atoms with Gasteiger partial charge in [-0.2, -0.15) is 0 Å². The summed E-state index contributed by atoms with van der Waals surface area (Å²) in [5, 5.41) is 10.7. The van der Waals surface area contributed by atoms with Crippen LogP contribution >= 0.6 is 15.9 Å². The number of alkyl halides is 1. The monoisotopic (exact) mass is 290 g/mol. The average molecular weight is 291 g/mol. The van der Waals surface area contributed by atoms with Crippen molar-refractivity contribution in [2.45, 2.75) is 70.8 Å². The molecule has 16 heavy (non-hydrogen) atoms. The van der Waals surface area contributed by atoms with Crippen LogP contribution in [0, 0.1) is 0 Å². The van der Waals surface area contributed by atoms with E-state index >= 15 is 0 Å². The van der Waals surface area contributed by atoms with Gasteiger partial charge in [-0.3, -0.25) is 0 Å². The Morgan fingerprint density at radius 2 is 1.75 bits per heavy atom. The van der Waals surface area contributed by atoms with Crippen LogP contribution < -0.4 is 0 Å². The molecule has 2 heteroatoms. The van der Waals surface area contributed by atoms with Gasteiger partial charge >= 0.3 is 0 Å². The molecule has 0 spiro atoms. The molecule has 0 aromatic carbocycles. The summed E-state index contributed by atoms with van der Waals surface area (Å²) < 4.78 is 0. The maximum Gasteiger partial charge on any atom is 0.0720 e. The minimum Gasteiger partial charge on any atom is -0.389 e. The Morgan fingerprint density at radius 1 is 1.06 bits per heavy atom. The molecular weight excluding hydrogens is 264 g/mol. The van der Waals surface area contributed by atoms with Crippen molar-refractivity contribution in [1.29, 1.82) is 0 Å². The van der Waals surface area contributed by atoms with Gasteiger partial charge in [-0.1, -0.05) is 67.1 Å². The van der Waals surface area contributed by atoms with Crippen LogP contribution in [0.3, 0.4) is 0 Å². The summed E-state index contributed by atoms with van der Waals surface area (Å²) in [6, 6.07) is 0. The molecule has 0 bridgehead atoms. The lowest BCUT2D eigenvalue weighted by Gasteiger charge is -2.03. The van der Waals surface area contributed by atoms with Gasteiger partial charge in [0.05, 0.1) is 6.10 Å². The zero-order valence-corrected chi connectivity index (χ0v) is 12.2. The van der Waals surface area contributed by atoms with Gasteiger partial charge in [0.2, 0.25) is 0 Å². The molecule has 0 radical (unpaired) electrons. The third-order valence-electron chi connectivity index (χ3n) is 2.72. The molecule has 0 rings (SSSR count). The fraction of sp³-hybridized carbons (Fsp3) is 0.857. The van der Waals surface area contributed by atoms with Gasteiger partial charge in [-0.25, -0.2) is 0 Å². The number of unbranched alkanes of at least 4 members (excludes halogenated alkanes) is 6. The second-order valence-corrected chi connectivity index (χ2v) is 5.18. The molecule has 1 nitrogen and oxygen atoms in total. The zero-order chi connectivity index (χ0) is 12.1. The third-order valence-corrected chi connectivity index (χ3v) is 3.28. The molecule has 96 valence electrons. The normalized spacial score (nSPS) is 13.4. The van der Waals surface area contributed by atoms with Gasteiger partial charge in [0.25, 0.3) is 0 Å². The maximum atomic E-state index is 9.56. The fourth-order valence-corrected chi connectivity index (χ4v) is 2.05. The number of halogens is 1. The van der Waals surface area contributed by atoms with E-state index in [1.807, 2.05) is 6.08 Å². The number of aliphatic hydroxyl groups is 1. The van der Waals surface area contributed by atoms with Gasteiger partial charge in [0.15, 0.2) is 0 Å². The van der Waals surface area contributed by atoms with Crippen molar-refractivity contribution in [3.63, 3.8) is 0 Å². The Morgan fingerprint density at radius 3 is 2.44 bits per heavy atom. The van der Waals surface area contributed by atoms with E-state index in [0.717, 1.165) is 24.6 Å². The van der Waals surface area contributed by atoms with E-state index in [2.05, 4.69) is 28.9 Å². The zero-order valence-electron chi connectivity index (χ0n) is 10.6. The Kier molecular flexibility index (Phi) is 13.4. The highest BCUT2D eigenvalue weighted by atomic mass is 79.9. The van der Waals surface area contributed by atoms with Crippen molar-refractivity contribution in [3.8, 4) is 0 Å². The smallest absolute Gasteiger partial charge is 0.0720 e. The lowest BCUT2D eigenvalue weighted by Crippen LogP contribution is -2.00. The van der Waals surface area contributed by atoms with Gasteiger partial charge in [0, 0.05) is 5.33 Å². The Bertz CT molecular complexity index is 157. The van der Waals surface area contributed by atoms with Gasteiger partial charge in [-0.15, -0.1) is 0 Å². The molecule has 0 amide bonds. The first-order valence-corrected chi connectivity index (χ1v) is 7.84. The minimum atomic E-state index is -0.214. The van der Waals surface area contributed by atoms with E-state index in [0.29, 0.717) is 0 Å².